The summed E-state index contributed by atoms with van der Waals surface area (Å²) < 4.78 is 32.0. The van der Waals surface area contributed by atoms with Gasteiger partial charge in [0.15, 0.2) is 0 Å². The summed E-state index contributed by atoms with van der Waals surface area (Å²) in [6, 6.07) is 3.01. The summed E-state index contributed by atoms with van der Waals surface area (Å²) in [5, 5.41) is 0. The van der Waals surface area contributed by atoms with Gasteiger partial charge in [-0.3, -0.25) is 4.79 Å². The fraction of sp³-hybridized carbons (Fsp3) is 0.364. The molecule has 0 aromatic heterocycles. The van der Waals surface area contributed by atoms with E-state index in [0.717, 1.165) is 0 Å². The monoisotopic (exact) mass is 365 g/mol. The van der Waals surface area contributed by atoms with Crippen molar-refractivity contribution in [3.8, 4) is 0 Å². The van der Waals surface area contributed by atoms with Gasteiger partial charge in [0.1, 0.15) is 6.61 Å². The third-order valence-corrected chi connectivity index (χ3v) is 4.66. The molecule has 20 heavy (non-hydrogen) atoms. The number of rotatable bonds is 7. The number of halogens is 1. The molecule has 1 amide bonds. The summed E-state index contributed by atoms with van der Waals surface area (Å²) in [7, 11) is -3.68. The fourth-order valence-electron chi connectivity index (χ4n) is 1.46. The van der Waals surface area contributed by atoms with Crippen LogP contribution in [0.25, 0.3) is 0 Å². The lowest BCUT2D eigenvalue weighted by molar-refractivity contribution is -0.122. The highest BCUT2D eigenvalue weighted by Gasteiger charge is 2.17. The van der Waals surface area contributed by atoms with E-state index in [2.05, 4.69) is 20.7 Å². The molecule has 0 unspecified atom stereocenters. The van der Waals surface area contributed by atoms with Crippen molar-refractivity contribution in [3.05, 3.63) is 22.2 Å². The predicted octanol–water partition coefficient (Wildman–Crippen LogP) is 0.120. The van der Waals surface area contributed by atoms with Crippen LogP contribution >= 0.6 is 15.9 Å². The van der Waals surface area contributed by atoms with Gasteiger partial charge in [-0.05, 0) is 40.5 Å². The average Bonchev–Trinajstić information content (AvgIpc) is 2.32. The number of primary amides is 1. The number of hydrogen-bond acceptors (Lipinski definition) is 5. The number of hydrogen-bond donors (Lipinski definition) is 3. The maximum Gasteiger partial charge on any atom is 0.243 e. The highest BCUT2D eigenvalue weighted by atomic mass is 79.9. The van der Waals surface area contributed by atoms with Crippen LogP contribution in [-0.4, -0.2) is 34.1 Å². The second-order valence-corrected chi connectivity index (χ2v) is 6.65. The highest BCUT2D eigenvalue weighted by Crippen LogP contribution is 2.26. The first-order chi connectivity index (χ1) is 9.24. The van der Waals surface area contributed by atoms with E-state index >= 15 is 0 Å². The van der Waals surface area contributed by atoms with Crippen LogP contribution in [0, 0.1) is 6.92 Å². The molecular weight excluding hydrogens is 350 g/mol. The lowest BCUT2D eigenvalue weighted by Crippen LogP contribution is -2.29. The normalized spacial score (nSPS) is 11.5. The maximum absolute atomic E-state index is 12.1. The Balaban J connectivity index is 2.70. The molecule has 0 fully saturated rings. The van der Waals surface area contributed by atoms with Gasteiger partial charge in [0, 0.05) is 16.7 Å². The Morgan fingerprint density at radius 1 is 1.45 bits per heavy atom. The highest BCUT2D eigenvalue weighted by molar-refractivity contribution is 9.10. The molecule has 0 saturated carbocycles. The first-order valence-corrected chi connectivity index (χ1v) is 7.93. The third-order valence-electron chi connectivity index (χ3n) is 2.37. The molecular formula is C11H16BrN3O4S. The summed E-state index contributed by atoms with van der Waals surface area (Å²) in [5.74, 6) is -0.607. The van der Waals surface area contributed by atoms with E-state index in [-0.39, 0.29) is 24.7 Å². The lowest BCUT2D eigenvalue weighted by atomic mass is 10.2. The largest absolute Gasteiger partial charge is 0.398 e. The summed E-state index contributed by atoms with van der Waals surface area (Å²) in [6.45, 7) is 1.51. The number of aryl methyl sites for hydroxylation is 1. The molecule has 7 nitrogen and oxygen atoms in total. The molecule has 0 atom stereocenters. The van der Waals surface area contributed by atoms with Crippen molar-refractivity contribution in [2.45, 2.75) is 11.8 Å². The van der Waals surface area contributed by atoms with Crippen LogP contribution in [0.15, 0.2) is 21.5 Å². The van der Waals surface area contributed by atoms with Gasteiger partial charge in [-0.1, -0.05) is 0 Å². The topological polar surface area (TPSA) is 125 Å². The number of anilines is 1. The van der Waals surface area contributed by atoms with Gasteiger partial charge in [0.2, 0.25) is 15.9 Å². The zero-order chi connectivity index (χ0) is 15.3. The SMILES string of the molecule is Cc1cc(Br)c(N)cc1S(=O)(=O)NCCOCC(N)=O. The number of sulfonamides is 1. The van der Waals surface area contributed by atoms with Crippen molar-refractivity contribution in [1.29, 1.82) is 0 Å². The molecule has 5 N–H and O–H groups in total. The van der Waals surface area contributed by atoms with Crippen LogP contribution < -0.4 is 16.2 Å². The van der Waals surface area contributed by atoms with Crippen LogP contribution in [0.4, 0.5) is 5.69 Å². The van der Waals surface area contributed by atoms with E-state index in [1.165, 1.54) is 6.07 Å². The number of nitrogen functional groups attached to an aromatic ring is 1. The molecule has 0 radical (unpaired) electrons. The molecule has 112 valence electrons. The molecule has 0 aliphatic carbocycles. The fourth-order valence-corrected chi connectivity index (χ4v) is 3.19. The van der Waals surface area contributed by atoms with Crippen molar-refractivity contribution >= 4 is 37.5 Å². The van der Waals surface area contributed by atoms with E-state index in [0.29, 0.717) is 15.7 Å². The van der Waals surface area contributed by atoms with Crippen molar-refractivity contribution in [2.24, 2.45) is 5.73 Å². The molecule has 0 aliphatic heterocycles. The first kappa shape index (κ1) is 16.9. The van der Waals surface area contributed by atoms with Crippen molar-refractivity contribution in [2.75, 3.05) is 25.5 Å². The van der Waals surface area contributed by atoms with Crippen LogP contribution in [0.3, 0.4) is 0 Å². The maximum atomic E-state index is 12.1. The van der Waals surface area contributed by atoms with Crippen LogP contribution in [0.1, 0.15) is 5.56 Å². The first-order valence-electron chi connectivity index (χ1n) is 5.65. The van der Waals surface area contributed by atoms with Gasteiger partial charge in [-0.15, -0.1) is 0 Å². The Kier molecular flexibility index (Phi) is 5.93. The predicted molar refractivity (Wildman–Crippen MR) is 78.5 cm³/mol. The molecule has 0 saturated heterocycles. The minimum absolute atomic E-state index is 0.0328. The van der Waals surface area contributed by atoms with Gasteiger partial charge in [0.25, 0.3) is 0 Å². The van der Waals surface area contributed by atoms with Crippen molar-refractivity contribution in [1.82, 2.24) is 4.72 Å². The quantitative estimate of drug-likeness (QED) is 0.467. The van der Waals surface area contributed by atoms with Gasteiger partial charge >= 0.3 is 0 Å². The Bertz CT molecular complexity index is 604. The van der Waals surface area contributed by atoms with E-state index in [1.807, 2.05) is 0 Å². The van der Waals surface area contributed by atoms with E-state index < -0.39 is 15.9 Å². The lowest BCUT2D eigenvalue weighted by Gasteiger charge is -2.11. The van der Waals surface area contributed by atoms with Gasteiger partial charge in [-0.25, -0.2) is 13.1 Å². The summed E-state index contributed by atoms with van der Waals surface area (Å²) in [6.07, 6.45) is 0. The number of nitrogens with two attached hydrogens (primary N) is 2. The molecule has 0 aliphatic rings. The van der Waals surface area contributed by atoms with Gasteiger partial charge in [0.05, 0.1) is 11.5 Å². The van der Waals surface area contributed by atoms with Gasteiger partial charge in [-0.2, -0.15) is 0 Å². The average molecular weight is 366 g/mol. The minimum Gasteiger partial charge on any atom is -0.398 e. The third kappa shape index (κ3) is 4.75. The second kappa shape index (κ2) is 7.02. The minimum atomic E-state index is -3.68. The Morgan fingerprint density at radius 3 is 2.70 bits per heavy atom. The number of carbonyl (C=O) groups excluding carboxylic acids is 1. The van der Waals surface area contributed by atoms with E-state index in [9.17, 15) is 13.2 Å². The number of amides is 1. The molecule has 0 spiro atoms. The summed E-state index contributed by atoms with van der Waals surface area (Å²) >= 11 is 3.23. The summed E-state index contributed by atoms with van der Waals surface area (Å²) in [4.78, 5) is 10.5. The number of ether oxygens (including phenoxy) is 1. The smallest absolute Gasteiger partial charge is 0.243 e. The Hall–Kier alpha value is -1.16. The molecule has 1 aromatic rings. The van der Waals surface area contributed by atoms with Gasteiger partial charge < -0.3 is 16.2 Å². The number of benzene rings is 1. The van der Waals surface area contributed by atoms with E-state index in [4.69, 9.17) is 16.2 Å². The molecule has 0 heterocycles. The Labute approximate surface area is 125 Å². The zero-order valence-corrected chi connectivity index (χ0v) is 13.3. The zero-order valence-electron chi connectivity index (χ0n) is 10.8. The number of carbonyl (C=O) groups is 1. The Morgan fingerprint density at radius 2 is 2.10 bits per heavy atom. The molecule has 9 heteroatoms. The summed E-state index contributed by atoms with van der Waals surface area (Å²) in [5.41, 5.74) is 11.5. The number of nitrogens with one attached hydrogen (secondary N) is 1. The standard InChI is InChI=1S/C11H16BrN3O4S/c1-7-4-8(12)9(13)5-10(7)20(17,18)15-2-3-19-6-11(14)16/h4-5,15H,2-3,6,13H2,1H3,(H2,14,16). The van der Waals surface area contributed by atoms with Crippen molar-refractivity contribution < 1.29 is 17.9 Å². The molecule has 0 bridgehead atoms. The van der Waals surface area contributed by atoms with Crippen molar-refractivity contribution in [3.63, 3.8) is 0 Å². The van der Waals surface area contributed by atoms with Crippen LogP contribution in [0.5, 0.6) is 0 Å². The van der Waals surface area contributed by atoms with Crippen LogP contribution in [-0.2, 0) is 19.6 Å². The van der Waals surface area contributed by atoms with E-state index in [1.54, 1.807) is 13.0 Å². The molecule has 1 rings (SSSR count). The van der Waals surface area contributed by atoms with Crippen LogP contribution in [0.2, 0.25) is 0 Å². The molecule has 1 aromatic carbocycles. The second-order valence-electron chi connectivity index (χ2n) is 4.06.